The quantitative estimate of drug-likeness (QED) is 0.734. The molecule has 27 heavy (non-hydrogen) atoms. The number of ether oxygens (including phenoxy) is 2. The van der Waals surface area contributed by atoms with Crippen LogP contribution < -0.4 is 9.64 Å². The highest BCUT2D eigenvalue weighted by Gasteiger charge is 2.41. The number of nitrogens with zero attached hydrogens (tertiary/aromatic N) is 5. The molecule has 2 aromatic heterocycles. The van der Waals surface area contributed by atoms with E-state index in [0.717, 1.165) is 18.0 Å². The van der Waals surface area contributed by atoms with Gasteiger partial charge in [-0.2, -0.15) is 0 Å². The number of aromatic nitrogens is 3. The SMILES string of the molecule is CCOc1cc2n(n1)C1CC(CCN1c1ncc(C(=O)OC)s1)N(C)C2=O. The summed E-state index contributed by atoms with van der Waals surface area (Å²) in [5.74, 6) is -0.0207. The fraction of sp³-hybridized carbons (Fsp3) is 0.529. The van der Waals surface area contributed by atoms with E-state index in [-0.39, 0.29) is 18.1 Å². The fourth-order valence-corrected chi connectivity index (χ4v) is 4.55. The first-order valence-electron chi connectivity index (χ1n) is 8.83. The molecule has 2 aromatic rings. The smallest absolute Gasteiger partial charge is 0.349 e. The molecule has 9 nitrogen and oxygen atoms in total. The van der Waals surface area contributed by atoms with Gasteiger partial charge >= 0.3 is 5.97 Å². The van der Waals surface area contributed by atoms with Crippen LogP contribution in [0.1, 0.15) is 46.1 Å². The van der Waals surface area contributed by atoms with Crippen molar-refractivity contribution in [1.82, 2.24) is 19.7 Å². The highest BCUT2D eigenvalue weighted by molar-refractivity contribution is 7.17. The van der Waals surface area contributed by atoms with Crippen LogP contribution >= 0.6 is 11.3 Å². The zero-order chi connectivity index (χ0) is 19.1. The predicted octanol–water partition coefficient (Wildman–Crippen LogP) is 1.78. The molecule has 0 aliphatic carbocycles. The van der Waals surface area contributed by atoms with Crippen LogP contribution in [0.25, 0.3) is 0 Å². The third-order valence-corrected chi connectivity index (χ3v) is 6.06. The zero-order valence-electron chi connectivity index (χ0n) is 15.4. The van der Waals surface area contributed by atoms with E-state index in [2.05, 4.69) is 15.0 Å². The van der Waals surface area contributed by atoms with E-state index in [0.29, 0.717) is 29.6 Å². The van der Waals surface area contributed by atoms with Gasteiger partial charge in [-0.05, 0) is 13.3 Å². The number of hydrogen-bond donors (Lipinski definition) is 0. The number of thiazole rings is 1. The Morgan fingerprint density at radius 2 is 2.26 bits per heavy atom. The monoisotopic (exact) mass is 391 g/mol. The van der Waals surface area contributed by atoms with Gasteiger partial charge in [-0.1, -0.05) is 11.3 Å². The van der Waals surface area contributed by atoms with Crippen molar-refractivity contribution in [2.24, 2.45) is 0 Å². The molecule has 144 valence electrons. The summed E-state index contributed by atoms with van der Waals surface area (Å²) >= 11 is 1.29. The molecule has 0 aromatic carbocycles. The van der Waals surface area contributed by atoms with Crippen molar-refractivity contribution >= 4 is 28.3 Å². The highest BCUT2D eigenvalue weighted by Crippen LogP contribution is 2.38. The van der Waals surface area contributed by atoms with Crippen molar-refractivity contribution in [2.45, 2.75) is 32.0 Å². The van der Waals surface area contributed by atoms with Gasteiger partial charge in [0, 0.05) is 32.1 Å². The third kappa shape index (κ3) is 2.93. The summed E-state index contributed by atoms with van der Waals surface area (Å²) in [7, 11) is 3.19. The normalized spacial score (nSPS) is 21.7. The van der Waals surface area contributed by atoms with Gasteiger partial charge in [0.05, 0.1) is 19.9 Å². The standard InChI is InChI=1S/C17H21N5O4S/c1-4-26-13-8-11-15(23)20(2)10-5-6-21(14(7-10)22(11)19-13)17-18-9-12(27-17)16(24)25-3/h8-10,14H,4-7H2,1-3H3. The number of methoxy groups -OCH3 is 1. The van der Waals surface area contributed by atoms with Crippen LogP contribution in [0.3, 0.4) is 0 Å². The van der Waals surface area contributed by atoms with Crippen molar-refractivity contribution in [3.63, 3.8) is 0 Å². The van der Waals surface area contributed by atoms with Gasteiger partial charge in [-0.25, -0.2) is 14.5 Å². The van der Waals surface area contributed by atoms with Crippen molar-refractivity contribution in [1.29, 1.82) is 0 Å². The molecule has 0 radical (unpaired) electrons. The lowest BCUT2D eigenvalue weighted by Crippen LogP contribution is -2.45. The Kier molecular flexibility index (Phi) is 4.50. The Morgan fingerprint density at radius 3 is 3.00 bits per heavy atom. The van der Waals surface area contributed by atoms with Gasteiger partial charge in [-0.3, -0.25) is 4.79 Å². The van der Waals surface area contributed by atoms with E-state index in [1.165, 1.54) is 24.6 Å². The van der Waals surface area contributed by atoms with E-state index < -0.39 is 5.97 Å². The van der Waals surface area contributed by atoms with Crippen LogP contribution in [0.5, 0.6) is 5.88 Å². The Hall–Kier alpha value is -2.62. The summed E-state index contributed by atoms with van der Waals surface area (Å²) in [4.78, 5) is 33.4. The van der Waals surface area contributed by atoms with Crippen LogP contribution in [-0.2, 0) is 4.74 Å². The molecule has 4 rings (SSSR count). The van der Waals surface area contributed by atoms with Gasteiger partial charge in [0.15, 0.2) is 5.13 Å². The number of anilines is 1. The first kappa shape index (κ1) is 17.8. The number of rotatable bonds is 4. The first-order valence-corrected chi connectivity index (χ1v) is 9.65. The molecule has 4 heterocycles. The Balaban J connectivity index is 1.74. The fourth-order valence-electron chi connectivity index (χ4n) is 3.65. The summed E-state index contributed by atoms with van der Waals surface area (Å²) in [5, 5.41) is 5.25. The number of amides is 1. The molecule has 1 saturated heterocycles. The topological polar surface area (TPSA) is 89.8 Å². The average molecular weight is 391 g/mol. The summed E-state index contributed by atoms with van der Waals surface area (Å²) in [6.07, 6.45) is 2.92. The van der Waals surface area contributed by atoms with Gasteiger partial charge in [-0.15, -0.1) is 5.10 Å². The van der Waals surface area contributed by atoms with Crippen LogP contribution in [0.2, 0.25) is 0 Å². The number of esters is 1. The lowest BCUT2D eigenvalue weighted by Gasteiger charge is -2.39. The minimum atomic E-state index is -0.400. The van der Waals surface area contributed by atoms with Crippen molar-refractivity contribution < 1.29 is 19.1 Å². The lowest BCUT2D eigenvalue weighted by atomic mass is 10.0. The number of carbonyl (C=O) groups excluding carboxylic acids is 2. The second-order valence-electron chi connectivity index (χ2n) is 6.51. The first-order chi connectivity index (χ1) is 13.0. The number of piperidine rings is 1. The number of hydrogen-bond acceptors (Lipinski definition) is 8. The van der Waals surface area contributed by atoms with Crippen molar-refractivity contribution in [2.75, 3.05) is 32.2 Å². The lowest BCUT2D eigenvalue weighted by molar-refractivity contribution is 0.0605. The molecule has 0 N–H and O–H groups in total. The van der Waals surface area contributed by atoms with E-state index in [9.17, 15) is 9.59 Å². The largest absolute Gasteiger partial charge is 0.477 e. The zero-order valence-corrected chi connectivity index (χ0v) is 16.2. The summed E-state index contributed by atoms with van der Waals surface area (Å²) < 4.78 is 12.0. The van der Waals surface area contributed by atoms with E-state index in [1.54, 1.807) is 15.6 Å². The minimum absolute atomic E-state index is 0.0582. The molecule has 2 atom stereocenters. The van der Waals surface area contributed by atoms with E-state index in [4.69, 9.17) is 9.47 Å². The molecule has 10 heteroatoms. The molecular weight excluding hydrogens is 370 g/mol. The molecule has 2 aliphatic heterocycles. The van der Waals surface area contributed by atoms with Gasteiger partial charge in [0.25, 0.3) is 5.91 Å². The van der Waals surface area contributed by atoms with Gasteiger partial charge in [0.1, 0.15) is 16.7 Å². The Morgan fingerprint density at radius 1 is 1.44 bits per heavy atom. The van der Waals surface area contributed by atoms with Crippen LogP contribution in [-0.4, -0.2) is 64.9 Å². The van der Waals surface area contributed by atoms with Crippen LogP contribution in [0, 0.1) is 0 Å². The number of fused-ring (bicyclic) bond motifs is 4. The van der Waals surface area contributed by atoms with Crippen molar-refractivity contribution in [3.8, 4) is 5.88 Å². The summed E-state index contributed by atoms with van der Waals surface area (Å²) in [5.41, 5.74) is 0.505. The molecule has 2 bridgehead atoms. The summed E-state index contributed by atoms with van der Waals surface area (Å²) in [6.45, 7) is 3.07. The number of carbonyl (C=O) groups is 2. The second-order valence-corrected chi connectivity index (χ2v) is 7.52. The Labute approximate surface area is 160 Å². The van der Waals surface area contributed by atoms with Gasteiger partial charge < -0.3 is 19.3 Å². The van der Waals surface area contributed by atoms with E-state index >= 15 is 0 Å². The molecule has 0 spiro atoms. The van der Waals surface area contributed by atoms with E-state index in [1.807, 2.05) is 14.0 Å². The maximum absolute atomic E-state index is 12.9. The van der Waals surface area contributed by atoms with Crippen molar-refractivity contribution in [3.05, 3.63) is 22.8 Å². The maximum atomic E-state index is 12.9. The van der Waals surface area contributed by atoms with Crippen LogP contribution in [0.15, 0.2) is 12.3 Å². The molecule has 0 saturated carbocycles. The summed E-state index contributed by atoms with van der Waals surface area (Å²) in [6, 6.07) is 1.83. The third-order valence-electron chi connectivity index (χ3n) is 5.05. The molecular formula is C17H21N5O4S. The van der Waals surface area contributed by atoms with Gasteiger partial charge in [0.2, 0.25) is 5.88 Å². The molecule has 2 aliphatic rings. The highest BCUT2D eigenvalue weighted by atomic mass is 32.1. The molecule has 1 amide bonds. The Bertz CT molecular complexity index is 879. The second kappa shape index (κ2) is 6.84. The molecule has 2 unspecified atom stereocenters. The van der Waals surface area contributed by atoms with Crippen LogP contribution in [0.4, 0.5) is 5.13 Å². The maximum Gasteiger partial charge on any atom is 0.349 e. The minimum Gasteiger partial charge on any atom is -0.477 e. The predicted molar refractivity (Wildman–Crippen MR) is 98.3 cm³/mol. The average Bonchev–Trinajstić information content (AvgIpc) is 3.32. The molecule has 1 fully saturated rings.